The predicted octanol–water partition coefficient (Wildman–Crippen LogP) is 2.89. The van der Waals surface area contributed by atoms with Gasteiger partial charge in [-0.3, -0.25) is 4.90 Å². The number of likely N-dealkylation sites (N-methyl/N-ethyl adjacent to an activating group) is 1. The Morgan fingerprint density at radius 1 is 1.42 bits per heavy atom. The Bertz CT molecular complexity index is 361. The normalized spacial score (nSPS) is 27.1. The average molecular weight is 271 g/mol. The first kappa shape index (κ1) is 15.8. The molecule has 2 atom stereocenters. The zero-order valence-corrected chi connectivity index (χ0v) is 12.5. The van der Waals surface area contributed by atoms with Crippen molar-refractivity contribution in [2.45, 2.75) is 65.0 Å². The van der Waals surface area contributed by atoms with E-state index in [1.165, 1.54) is 4.90 Å². The van der Waals surface area contributed by atoms with Crippen molar-refractivity contribution in [2.24, 2.45) is 5.92 Å². The standard InChI is InChI=1S/C14H25NO4/c1-6-15(12(18)19-13(3,4)5)14(11(16)17)8-7-10(2)9-14/h10H,6-9H2,1-5H3,(H,16,17). The SMILES string of the molecule is CCN(C(=O)OC(C)(C)C)C1(C(=O)O)CCC(C)C1. The summed E-state index contributed by atoms with van der Waals surface area (Å²) in [5, 5.41) is 9.58. The van der Waals surface area contributed by atoms with Crippen LogP contribution in [-0.2, 0) is 9.53 Å². The second kappa shape index (κ2) is 5.39. The highest BCUT2D eigenvalue weighted by atomic mass is 16.6. The van der Waals surface area contributed by atoms with Crippen LogP contribution >= 0.6 is 0 Å². The van der Waals surface area contributed by atoms with Crippen molar-refractivity contribution in [1.29, 1.82) is 0 Å². The quantitative estimate of drug-likeness (QED) is 0.857. The van der Waals surface area contributed by atoms with Crippen molar-refractivity contribution in [1.82, 2.24) is 4.90 Å². The summed E-state index contributed by atoms with van der Waals surface area (Å²) in [6.45, 7) is 9.50. The van der Waals surface area contributed by atoms with Crippen LogP contribution in [0.3, 0.4) is 0 Å². The summed E-state index contributed by atoms with van der Waals surface area (Å²) in [6.07, 6.45) is 1.28. The van der Waals surface area contributed by atoms with Crippen molar-refractivity contribution < 1.29 is 19.4 Å². The summed E-state index contributed by atoms with van der Waals surface area (Å²) in [5.74, 6) is -0.614. The van der Waals surface area contributed by atoms with Gasteiger partial charge in [-0.05, 0) is 52.9 Å². The summed E-state index contributed by atoms with van der Waals surface area (Å²) < 4.78 is 5.34. The third kappa shape index (κ3) is 3.39. The number of amides is 1. The van der Waals surface area contributed by atoms with Crippen molar-refractivity contribution >= 4 is 12.1 Å². The van der Waals surface area contributed by atoms with Gasteiger partial charge in [0.2, 0.25) is 0 Å². The molecule has 1 N–H and O–H groups in total. The first-order valence-corrected chi connectivity index (χ1v) is 6.86. The van der Waals surface area contributed by atoms with Gasteiger partial charge in [0.05, 0.1) is 0 Å². The van der Waals surface area contributed by atoms with Crippen molar-refractivity contribution in [3.05, 3.63) is 0 Å². The zero-order chi connectivity index (χ0) is 14.8. The van der Waals surface area contributed by atoms with E-state index in [0.29, 0.717) is 25.3 Å². The molecule has 0 aromatic rings. The number of carbonyl (C=O) groups is 2. The van der Waals surface area contributed by atoms with E-state index in [2.05, 4.69) is 0 Å². The molecule has 110 valence electrons. The lowest BCUT2D eigenvalue weighted by Gasteiger charge is -2.38. The minimum atomic E-state index is -1.10. The molecule has 5 heteroatoms. The molecule has 1 amide bonds. The molecular formula is C14H25NO4. The van der Waals surface area contributed by atoms with Crippen LogP contribution < -0.4 is 0 Å². The highest BCUT2D eigenvalue weighted by Crippen LogP contribution is 2.39. The Balaban J connectivity index is 2.99. The molecule has 0 aromatic heterocycles. The molecule has 1 rings (SSSR count). The monoisotopic (exact) mass is 271 g/mol. The number of hydrogen-bond donors (Lipinski definition) is 1. The van der Waals surface area contributed by atoms with E-state index in [9.17, 15) is 14.7 Å². The van der Waals surface area contributed by atoms with Gasteiger partial charge in [-0.25, -0.2) is 9.59 Å². The maximum absolute atomic E-state index is 12.2. The number of carbonyl (C=O) groups excluding carboxylic acids is 1. The van der Waals surface area contributed by atoms with E-state index < -0.39 is 23.2 Å². The van der Waals surface area contributed by atoms with E-state index in [4.69, 9.17) is 4.74 Å². The Hall–Kier alpha value is -1.26. The van der Waals surface area contributed by atoms with Gasteiger partial charge in [0, 0.05) is 6.54 Å². The minimum Gasteiger partial charge on any atom is -0.479 e. The summed E-state index contributed by atoms with van der Waals surface area (Å²) in [7, 11) is 0. The van der Waals surface area contributed by atoms with E-state index in [1.54, 1.807) is 27.7 Å². The molecular weight excluding hydrogens is 246 g/mol. The maximum atomic E-state index is 12.2. The first-order valence-electron chi connectivity index (χ1n) is 6.86. The lowest BCUT2D eigenvalue weighted by molar-refractivity contribution is -0.151. The number of aliphatic carboxylic acids is 1. The molecule has 0 radical (unpaired) electrons. The molecule has 19 heavy (non-hydrogen) atoms. The molecule has 1 fully saturated rings. The van der Waals surface area contributed by atoms with Gasteiger partial charge in [-0.1, -0.05) is 6.92 Å². The predicted molar refractivity (Wildman–Crippen MR) is 72.0 cm³/mol. The van der Waals surface area contributed by atoms with E-state index >= 15 is 0 Å². The lowest BCUT2D eigenvalue weighted by atomic mass is 9.94. The van der Waals surface area contributed by atoms with E-state index in [-0.39, 0.29) is 0 Å². The zero-order valence-electron chi connectivity index (χ0n) is 12.5. The third-order valence-electron chi connectivity index (χ3n) is 3.58. The smallest absolute Gasteiger partial charge is 0.411 e. The summed E-state index contributed by atoms with van der Waals surface area (Å²) in [4.78, 5) is 25.3. The summed E-state index contributed by atoms with van der Waals surface area (Å²) >= 11 is 0. The van der Waals surface area contributed by atoms with Gasteiger partial charge < -0.3 is 9.84 Å². The number of rotatable bonds is 3. The van der Waals surface area contributed by atoms with Crippen LogP contribution in [-0.4, -0.2) is 39.8 Å². The minimum absolute atomic E-state index is 0.313. The highest BCUT2D eigenvalue weighted by molar-refractivity contribution is 5.85. The number of nitrogens with zero attached hydrogens (tertiary/aromatic N) is 1. The largest absolute Gasteiger partial charge is 0.479 e. The van der Waals surface area contributed by atoms with Crippen LogP contribution in [0.15, 0.2) is 0 Å². The first-order chi connectivity index (χ1) is 8.62. The van der Waals surface area contributed by atoms with Crippen LogP contribution in [0.4, 0.5) is 4.79 Å². The molecule has 0 heterocycles. The molecule has 5 nitrogen and oxygen atoms in total. The number of carboxylic acids is 1. The average Bonchev–Trinajstić information content (AvgIpc) is 2.60. The molecule has 0 spiro atoms. The Labute approximate surface area is 114 Å². The van der Waals surface area contributed by atoms with Gasteiger partial charge in [0.15, 0.2) is 0 Å². The number of ether oxygens (including phenoxy) is 1. The second-order valence-corrected chi connectivity index (χ2v) is 6.41. The van der Waals surface area contributed by atoms with Gasteiger partial charge >= 0.3 is 12.1 Å². The molecule has 0 aliphatic heterocycles. The Morgan fingerprint density at radius 3 is 2.32 bits per heavy atom. The highest BCUT2D eigenvalue weighted by Gasteiger charge is 2.51. The van der Waals surface area contributed by atoms with Crippen molar-refractivity contribution in [3.63, 3.8) is 0 Å². The summed E-state index contributed by atoms with van der Waals surface area (Å²) in [5.41, 5.74) is -1.72. The number of hydrogen-bond acceptors (Lipinski definition) is 3. The van der Waals surface area contributed by atoms with Crippen LogP contribution in [0.5, 0.6) is 0 Å². The lowest BCUT2D eigenvalue weighted by Crippen LogP contribution is -2.56. The molecule has 1 aliphatic rings. The molecule has 0 saturated heterocycles. The number of carboxylic acid groups (broad SMARTS) is 1. The topological polar surface area (TPSA) is 66.8 Å². The third-order valence-corrected chi connectivity index (χ3v) is 3.58. The van der Waals surface area contributed by atoms with Gasteiger partial charge in [0.25, 0.3) is 0 Å². The Kier molecular flexibility index (Phi) is 4.48. The summed E-state index contributed by atoms with van der Waals surface area (Å²) in [6, 6.07) is 0. The molecule has 0 aromatic carbocycles. The van der Waals surface area contributed by atoms with Crippen LogP contribution in [0, 0.1) is 5.92 Å². The Morgan fingerprint density at radius 2 is 2.00 bits per heavy atom. The van der Waals surface area contributed by atoms with E-state index in [1.807, 2.05) is 6.92 Å². The fourth-order valence-electron chi connectivity index (χ4n) is 2.74. The molecule has 0 bridgehead atoms. The fourth-order valence-corrected chi connectivity index (χ4v) is 2.74. The molecule has 2 unspecified atom stereocenters. The van der Waals surface area contributed by atoms with Gasteiger partial charge in [-0.15, -0.1) is 0 Å². The maximum Gasteiger partial charge on any atom is 0.411 e. The molecule has 1 aliphatic carbocycles. The van der Waals surface area contributed by atoms with Crippen LogP contribution in [0.1, 0.15) is 53.9 Å². The van der Waals surface area contributed by atoms with Gasteiger partial charge in [0.1, 0.15) is 11.1 Å². The van der Waals surface area contributed by atoms with Crippen molar-refractivity contribution in [2.75, 3.05) is 6.54 Å². The fraction of sp³-hybridized carbons (Fsp3) is 0.857. The van der Waals surface area contributed by atoms with E-state index in [0.717, 1.165) is 6.42 Å². The van der Waals surface area contributed by atoms with Gasteiger partial charge in [-0.2, -0.15) is 0 Å². The molecule has 1 saturated carbocycles. The van der Waals surface area contributed by atoms with Crippen LogP contribution in [0.2, 0.25) is 0 Å². The second-order valence-electron chi connectivity index (χ2n) is 6.41. The van der Waals surface area contributed by atoms with Crippen LogP contribution in [0.25, 0.3) is 0 Å². The van der Waals surface area contributed by atoms with Crippen molar-refractivity contribution in [3.8, 4) is 0 Å².